The third kappa shape index (κ3) is 5.25. The van der Waals surface area contributed by atoms with E-state index in [1.54, 1.807) is 0 Å². The van der Waals surface area contributed by atoms with Gasteiger partial charge in [-0.3, -0.25) is 9.59 Å². The summed E-state index contributed by atoms with van der Waals surface area (Å²) in [7, 11) is 0. The summed E-state index contributed by atoms with van der Waals surface area (Å²) < 4.78 is 28.6. The number of pyridine rings is 1. The van der Waals surface area contributed by atoms with Gasteiger partial charge in [0.15, 0.2) is 11.4 Å². The average Bonchev–Trinajstić information content (AvgIpc) is 3.29. The van der Waals surface area contributed by atoms with Crippen molar-refractivity contribution in [1.82, 2.24) is 10.6 Å². The molecule has 2 heterocycles. The van der Waals surface area contributed by atoms with E-state index in [1.165, 1.54) is 54.2 Å². The summed E-state index contributed by atoms with van der Waals surface area (Å²) in [4.78, 5) is 25.1. The van der Waals surface area contributed by atoms with Gasteiger partial charge >= 0.3 is 0 Å². The van der Waals surface area contributed by atoms with E-state index in [1.807, 2.05) is 13.8 Å². The van der Waals surface area contributed by atoms with Crippen LogP contribution in [0, 0.1) is 25.5 Å². The van der Waals surface area contributed by atoms with E-state index in [9.17, 15) is 18.4 Å². The Balaban J connectivity index is 0.00000324. The van der Waals surface area contributed by atoms with Crippen LogP contribution < -0.4 is 27.6 Å². The summed E-state index contributed by atoms with van der Waals surface area (Å²) in [6, 6.07) is 10.9. The number of halogens is 3. The molecule has 0 radical (unpaired) electrons. The summed E-state index contributed by atoms with van der Waals surface area (Å²) in [5.41, 5.74) is 6.15. The fraction of sp³-hybridized carbons (Fsp3) is 0.269. The molecule has 5 nitrogen and oxygen atoms in total. The molecule has 0 atom stereocenters. The number of aromatic nitrogens is 1. The monoisotopic (exact) mass is 485 g/mol. The molecule has 34 heavy (non-hydrogen) atoms. The Kier molecular flexibility index (Phi) is 7.99. The van der Waals surface area contributed by atoms with Gasteiger partial charge in [0.05, 0.1) is 0 Å². The zero-order chi connectivity index (χ0) is 23.5. The summed E-state index contributed by atoms with van der Waals surface area (Å²) in [6.45, 7) is 5.61. The van der Waals surface area contributed by atoms with E-state index in [4.69, 9.17) is 0 Å². The highest BCUT2D eigenvalue weighted by molar-refractivity contribution is 5.94. The maximum absolute atomic E-state index is 13.2. The van der Waals surface area contributed by atoms with Crippen LogP contribution in [-0.2, 0) is 26.1 Å². The van der Waals surface area contributed by atoms with Crippen molar-refractivity contribution in [3.05, 3.63) is 99.4 Å². The molecular formula is C26H26ClF2N3O2. The fourth-order valence-corrected chi connectivity index (χ4v) is 4.43. The van der Waals surface area contributed by atoms with Gasteiger partial charge in [-0.05, 0) is 61.0 Å². The number of rotatable bonds is 6. The van der Waals surface area contributed by atoms with Gasteiger partial charge < -0.3 is 23.0 Å². The van der Waals surface area contributed by atoms with Gasteiger partial charge in [-0.25, -0.2) is 8.78 Å². The van der Waals surface area contributed by atoms with Gasteiger partial charge in [-0.1, -0.05) is 0 Å². The number of fused-ring (bicyclic) bond motifs is 1. The SMILES string of the molecule is Cc1c(CNC(=O)c2ccc(F)cc2)c(C)[n+]2c(c1CNC(=O)c1ccc(F)cc1)CCC2.[Cl-]. The fourth-order valence-electron chi connectivity index (χ4n) is 4.43. The van der Waals surface area contributed by atoms with Crippen LogP contribution in [0.15, 0.2) is 48.5 Å². The zero-order valence-corrected chi connectivity index (χ0v) is 19.8. The van der Waals surface area contributed by atoms with E-state index < -0.39 is 0 Å². The summed E-state index contributed by atoms with van der Waals surface area (Å²) >= 11 is 0. The topological polar surface area (TPSA) is 62.1 Å². The summed E-state index contributed by atoms with van der Waals surface area (Å²) in [6.07, 6.45) is 1.94. The number of benzene rings is 2. The quantitative estimate of drug-likeness (QED) is 0.504. The predicted octanol–water partition coefficient (Wildman–Crippen LogP) is 0.679. The second-order valence-corrected chi connectivity index (χ2v) is 8.25. The summed E-state index contributed by atoms with van der Waals surface area (Å²) in [5.74, 6) is -1.31. The van der Waals surface area contributed by atoms with Crippen LogP contribution in [0.5, 0.6) is 0 Å². The Bertz CT molecular complexity index is 1210. The van der Waals surface area contributed by atoms with Crippen molar-refractivity contribution in [2.24, 2.45) is 0 Å². The number of carbonyl (C=O) groups excluding carboxylic acids is 2. The van der Waals surface area contributed by atoms with Crippen LogP contribution in [0.3, 0.4) is 0 Å². The lowest BCUT2D eigenvalue weighted by molar-refractivity contribution is -0.697. The lowest BCUT2D eigenvalue weighted by Crippen LogP contribution is -3.00. The first kappa shape index (κ1) is 25.3. The van der Waals surface area contributed by atoms with Crippen molar-refractivity contribution in [3.63, 3.8) is 0 Å². The van der Waals surface area contributed by atoms with Crippen molar-refractivity contribution >= 4 is 11.8 Å². The maximum atomic E-state index is 13.2. The maximum Gasteiger partial charge on any atom is 0.251 e. The first-order chi connectivity index (χ1) is 15.8. The van der Waals surface area contributed by atoms with Crippen LogP contribution >= 0.6 is 0 Å². The van der Waals surface area contributed by atoms with Crippen molar-refractivity contribution in [1.29, 1.82) is 0 Å². The second kappa shape index (κ2) is 10.7. The van der Waals surface area contributed by atoms with Gasteiger partial charge in [0, 0.05) is 55.1 Å². The van der Waals surface area contributed by atoms with Crippen molar-refractivity contribution < 1.29 is 35.3 Å². The summed E-state index contributed by atoms with van der Waals surface area (Å²) in [5, 5.41) is 5.88. The molecule has 1 aromatic heterocycles. The van der Waals surface area contributed by atoms with E-state index in [0.717, 1.165) is 41.8 Å². The highest BCUT2D eigenvalue weighted by atomic mass is 35.5. The molecule has 0 unspecified atom stereocenters. The molecule has 1 aliphatic rings. The molecule has 8 heteroatoms. The Morgan fingerprint density at radius 1 is 0.824 bits per heavy atom. The smallest absolute Gasteiger partial charge is 0.251 e. The molecule has 2 aromatic carbocycles. The number of carbonyl (C=O) groups is 2. The number of amides is 2. The van der Waals surface area contributed by atoms with Gasteiger partial charge in [-0.15, -0.1) is 0 Å². The first-order valence-electron chi connectivity index (χ1n) is 11.0. The first-order valence-corrected chi connectivity index (χ1v) is 11.0. The Morgan fingerprint density at radius 3 is 1.79 bits per heavy atom. The molecule has 0 fully saturated rings. The van der Waals surface area contributed by atoms with Gasteiger partial charge in [0.1, 0.15) is 18.2 Å². The lowest BCUT2D eigenvalue weighted by atomic mass is 9.98. The van der Waals surface area contributed by atoms with Crippen LogP contribution in [0.2, 0.25) is 0 Å². The molecule has 0 spiro atoms. The molecule has 1 aliphatic heterocycles. The van der Waals surface area contributed by atoms with Gasteiger partial charge in [0.25, 0.3) is 11.8 Å². The number of hydrogen-bond donors (Lipinski definition) is 2. The average molecular weight is 486 g/mol. The second-order valence-electron chi connectivity index (χ2n) is 8.25. The Morgan fingerprint density at radius 2 is 1.29 bits per heavy atom. The minimum Gasteiger partial charge on any atom is -1.00 e. The van der Waals surface area contributed by atoms with E-state index >= 15 is 0 Å². The van der Waals surface area contributed by atoms with E-state index in [-0.39, 0.29) is 35.9 Å². The molecule has 3 aromatic rings. The molecule has 2 amide bonds. The Hall–Kier alpha value is -3.32. The van der Waals surface area contributed by atoms with Crippen LogP contribution in [0.1, 0.15) is 55.2 Å². The molecule has 0 bridgehead atoms. The third-order valence-electron chi connectivity index (χ3n) is 6.28. The largest absolute Gasteiger partial charge is 1.00 e. The minimum absolute atomic E-state index is 0. The van der Waals surface area contributed by atoms with Crippen LogP contribution in [0.25, 0.3) is 0 Å². The third-order valence-corrected chi connectivity index (χ3v) is 6.28. The van der Waals surface area contributed by atoms with Gasteiger partial charge in [0.2, 0.25) is 0 Å². The molecule has 4 rings (SSSR count). The minimum atomic E-state index is -0.388. The molecule has 178 valence electrons. The van der Waals surface area contributed by atoms with E-state index in [0.29, 0.717) is 24.2 Å². The molecule has 0 saturated heterocycles. The molecule has 0 saturated carbocycles. The van der Waals surface area contributed by atoms with Gasteiger partial charge in [-0.2, -0.15) is 4.57 Å². The van der Waals surface area contributed by atoms with E-state index in [2.05, 4.69) is 15.2 Å². The highest BCUT2D eigenvalue weighted by Crippen LogP contribution is 2.23. The number of hydrogen-bond acceptors (Lipinski definition) is 2. The zero-order valence-electron chi connectivity index (χ0n) is 19.1. The van der Waals surface area contributed by atoms with Crippen LogP contribution in [-0.4, -0.2) is 11.8 Å². The normalized spacial score (nSPS) is 12.0. The molecular weight excluding hydrogens is 460 g/mol. The van der Waals surface area contributed by atoms with Crippen LogP contribution in [0.4, 0.5) is 8.78 Å². The number of nitrogens with zero attached hydrogens (tertiary/aromatic N) is 1. The number of nitrogens with one attached hydrogen (secondary N) is 2. The predicted molar refractivity (Wildman–Crippen MR) is 120 cm³/mol. The molecule has 0 aliphatic carbocycles. The molecule has 2 N–H and O–H groups in total. The Labute approximate surface area is 203 Å². The van der Waals surface area contributed by atoms with Crippen molar-refractivity contribution in [2.75, 3.05) is 0 Å². The lowest BCUT2D eigenvalue weighted by Gasteiger charge is -2.16. The van der Waals surface area contributed by atoms with Crippen molar-refractivity contribution in [3.8, 4) is 0 Å². The van der Waals surface area contributed by atoms with Crippen molar-refractivity contribution in [2.45, 2.75) is 46.3 Å². The highest BCUT2D eigenvalue weighted by Gasteiger charge is 2.30. The standard InChI is InChI=1S/C26H25F2N3O2.ClH/c1-16-22(14-29-25(32)18-5-9-20(27)10-6-18)17(2)31-13-3-4-24(31)23(16)15-30-26(33)19-7-11-21(28)12-8-19;/h5-12H,3-4,13-15H2,1-2H3,(H-,29,30,32,33);1H.